The molecular formula is C11H19N3O3. The Morgan fingerprint density at radius 3 is 2.94 bits per heavy atom. The number of hydrogen-bond acceptors (Lipinski definition) is 5. The average Bonchev–Trinajstić information content (AvgIpc) is 2.29. The van der Waals surface area contributed by atoms with Crippen molar-refractivity contribution < 1.29 is 9.84 Å². The lowest BCUT2D eigenvalue weighted by Gasteiger charge is -2.21. The topological polar surface area (TPSA) is 67.6 Å². The maximum atomic E-state index is 11.9. The van der Waals surface area contributed by atoms with Gasteiger partial charge in [0.25, 0.3) is 5.56 Å². The Labute approximate surface area is 100 Å². The number of likely N-dealkylation sites (N-methyl/N-ethyl adjacent to an activating group) is 1. The Kier molecular flexibility index (Phi) is 5.11. The summed E-state index contributed by atoms with van der Waals surface area (Å²) in [6.45, 7) is 3.04. The summed E-state index contributed by atoms with van der Waals surface area (Å²) in [5.74, 6) is 0.338. The predicted octanol–water partition coefficient (Wildman–Crippen LogP) is -0.293. The SMILES string of the molecule is CCn1ccnc(N(C)CC(O)COC)c1=O. The second kappa shape index (κ2) is 6.36. The van der Waals surface area contributed by atoms with Crippen LogP contribution in [0.4, 0.5) is 5.82 Å². The van der Waals surface area contributed by atoms with Crippen LogP contribution in [0.25, 0.3) is 0 Å². The van der Waals surface area contributed by atoms with Gasteiger partial charge in [0.2, 0.25) is 0 Å². The van der Waals surface area contributed by atoms with E-state index in [9.17, 15) is 9.90 Å². The molecule has 0 bridgehead atoms. The number of methoxy groups -OCH3 is 1. The van der Waals surface area contributed by atoms with E-state index >= 15 is 0 Å². The summed E-state index contributed by atoms with van der Waals surface area (Å²) in [5, 5.41) is 9.60. The fourth-order valence-corrected chi connectivity index (χ4v) is 1.59. The van der Waals surface area contributed by atoms with E-state index in [4.69, 9.17) is 4.74 Å². The molecule has 1 atom stereocenters. The van der Waals surface area contributed by atoms with E-state index < -0.39 is 6.10 Å². The minimum Gasteiger partial charge on any atom is -0.389 e. The summed E-state index contributed by atoms with van der Waals surface area (Å²) in [4.78, 5) is 17.6. The molecule has 0 spiro atoms. The molecule has 0 amide bonds. The molecule has 6 nitrogen and oxygen atoms in total. The average molecular weight is 241 g/mol. The first-order valence-electron chi connectivity index (χ1n) is 5.53. The van der Waals surface area contributed by atoms with Crippen molar-refractivity contribution in [2.75, 3.05) is 32.2 Å². The number of rotatable bonds is 6. The lowest BCUT2D eigenvalue weighted by molar-refractivity contribution is 0.0694. The van der Waals surface area contributed by atoms with Crippen molar-refractivity contribution in [2.24, 2.45) is 0 Å². The molecule has 17 heavy (non-hydrogen) atoms. The maximum absolute atomic E-state index is 11.9. The van der Waals surface area contributed by atoms with Crippen molar-refractivity contribution in [3.8, 4) is 0 Å². The molecule has 0 saturated heterocycles. The number of aliphatic hydroxyl groups excluding tert-OH is 1. The molecule has 0 aliphatic carbocycles. The van der Waals surface area contributed by atoms with Crippen LogP contribution in [0.15, 0.2) is 17.2 Å². The van der Waals surface area contributed by atoms with E-state index in [1.54, 1.807) is 28.9 Å². The summed E-state index contributed by atoms with van der Waals surface area (Å²) in [6.07, 6.45) is 2.59. The molecule has 0 aliphatic rings. The number of hydrogen-bond donors (Lipinski definition) is 1. The Morgan fingerprint density at radius 2 is 2.35 bits per heavy atom. The summed E-state index contributed by atoms with van der Waals surface area (Å²) in [5.41, 5.74) is -0.151. The monoisotopic (exact) mass is 241 g/mol. The number of aliphatic hydroxyl groups is 1. The fraction of sp³-hybridized carbons (Fsp3) is 0.636. The van der Waals surface area contributed by atoms with Gasteiger partial charge in [-0.1, -0.05) is 0 Å². The first-order valence-corrected chi connectivity index (χ1v) is 5.53. The second-order valence-electron chi connectivity index (χ2n) is 3.83. The van der Waals surface area contributed by atoms with Crippen LogP contribution < -0.4 is 10.5 Å². The lowest BCUT2D eigenvalue weighted by atomic mass is 10.3. The second-order valence-corrected chi connectivity index (χ2v) is 3.83. The largest absolute Gasteiger partial charge is 0.389 e. The third-order valence-corrected chi connectivity index (χ3v) is 2.44. The van der Waals surface area contributed by atoms with Crippen LogP contribution in [0.2, 0.25) is 0 Å². The zero-order chi connectivity index (χ0) is 12.8. The van der Waals surface area contributed by atoms with Gasteiger partial charge in [-0.2, -0.15) is 0 Å². The van der Waals surface area contributed by atoms with Crippen LogP contribution in [-0.4, -0.2) is 48.1 Å². The Morgan fingerprint density at radius 1 is 1.65 bits per heavy atom. The molecule has 0 fully saturated rings. The highest BCUT2D eigenvalue weighted by atomic mass is 16.5. The molecular weight excluding hydrogens is 222 g/mol. The number of aryl methyl sites for hydroxylation is 1. The zero-order valence-electron chi connectivity index (χ0n) is 10.5. The molecule has 96 valence electrons. The van der Waals surface area contributed by atoms with Gasteiger partial charge in [-0.15, -0.1) is 0 Å². The molecule has 1 heterocycles. The smallest absolute Gasteiger partial charge is 0.293 e. The van der Waals surface area contributed by atoms with Crippen molar-refractivity contribution in [2.45, 2.75) is 19.6 Å². The lowest BCUT2D eigenvalue weighted by Crippen LogP contribution is -2.37. The maximum Gasteiger partial charge on any atom is 0.293 e. The highest BCUT2D eigenvalue weighted by molar-refractivity contribution is 5.34. The summed E-state index contributed by atoms with van der Waals surface area (Å²) in [7, 11) is 3.25. The van der Waals surface area contributed by atoms with Crippen LogP contribution >= 0.6 is 0 Å². The van der Waals surface area contributed by atoms with E-state index in [1.807, 2.05) is 6.92 Å². The van der Waals surface area contributed by atoms with Crippen molar-refractivity contribution in [1.29, 1.82) is 0 Å². The van der Waals surface area contributed by atoms with Crippen molar-refractivity contribution in [1.82, 2.24) is 9.55 Å². The van der Waals surface area contributed by atoms with Crippen LogP contribution in [0.3, 0.4) is 0 Å². The van der Waals surface area contributed by atoms with Crippen molar-refractivity contribution in [3.05, 3.63) is 22.7 Å². The van der Waals surface area contributed by atoms with Gasteiger partial charge < -0.3 is 19.3 Å². The quantitative estimate of drug-likeness (QED) is 0.741. The van der Waals surface area contributed by atoms with Gasteiger partial charge in [0.15, 0.2) is 5.82 Å². The van der Waals surface area contributed by atoms with Gasteiger partial charge >= 0.3 is 0 Å². The van der Waals surface area contributed by atoms with E-state index in [-0.39, 0.29) is 12.2 Å². The molecule has 6 heteroatoms. The standard InChI is InChI=1S/C11H19N3O3/c1-4-14-6-5-12-10(11(14)16)13(2)7-9(15)8-17-3/h5-6,9,15H,4,7-8H2,1-3H3. The van der Waals surface area contributed by atoms with Gasteiger partial charge in [-0.3, -0.25) is 4.79 Å². The van der Waals surface area contributed by atoms with E-state index in [0.29, 0.717) is 18.9 Å². The van der Waals surface area contributed by atoms with Crippen LogP contribution in [0.1, 0.15) is 6.92 Å². The van der Waals surface area contributed by atoms with Gasteiger partial charge in [0.05, 0.1) is 12.7 Å². The Hall–Kier alpha value is -1.40. The van der Waals surface area contributed by atoms with Gasteiger partial charge in [0.1, 0.15) is 0 Å². The summed E-state index contributed by atoms with van der Waals surface area (Å²) >= 11 is 0. The fourth-order valence-electron chi connectivity index (χ4n) is 1.59. The molecule has 1 rings (SSSR count). The van der Waals surface area contributed by atoms with E-state index in [1.165, 1.54) is 7.11 Å². The molecule has 0 radical (unpaired) electrons. The molecule has 1 unspecified atom stereocenters. The predicted molar refractivity (Wildman–Crippen MR) is 65.3 cm³/mol. The molecule has 0 aliphatic heterocycles. The Bertz CT molecular complexity index is 405. The molecule has 1 aromatic rings. The zero-order valence-corrected chi connectivity index (χ0v) is 10.5. The molecule has 1 aromatic heterocycles. The molecule has 1 N–H and O–H groups in total. The minimum absolute atomic E-state index is 0.151. The highest BCUT2D eigenvalue weighted by Crippen LogP contribution is 2.01. The summed E-state index contributed by atoms with van der Waals surface area (Å²) in [6, 6.07) is 0. The number of nitrogens with zero attached hydrogens (tertiary/aromatic N) is 3. The van der Waals surface area contributed by atoms with Crippen LogP contribution in [0, 0.1) is 0 Å². The molecule has 0 saturated carbocycles. The minimum atomic E-state index is -0.638. The number of aromatic nitrogens is 2. The first-order chi connectivity index (χ1) is 8.10. The number of anilines is 1. The first kappa shape index (κ1) is 13.7. The van der Waals surface area contributed by atoms with Gasteiger partial charge in [-0.05, 0) is 6.92 Å². The van der Waals surface area contributed by atoms with Crippen LogP contribution in [-0.2, 0) is 11.3 Å². The van der Waals surface area contributed by atoms with E-state index in [2.05, 4.69) is 4.98 Å². The molecule has 0 aromatic carbocycles. The van der Waals surface area contributed by atoms with Crippen LogP contribution in [0.5, 0.6) is 0 Å². The van der Waals surface area contributed by atoms with Gasteiger partial charge in [0, 0.05) is 39.6 Å². The normalized spacial score (nSPS) is 12.5. The van der Waals surface area contributed by atoms with Gasteiger partial charge in [-0.25, -0.2) is 4.98 Å². The number of ether oxygens (including phenoxy) is 1. The van der Waals surface area contributed by atoms with Crippen molar-refractivity contribution >= 4 is 5.82 Å². The third kappa shape index (κ3) is 3.54. The third-order valence-electron chi connectivity index (χ3n) is 2.44. The van der Waals surface area contributed by atoms with E-state index in [0.717, 1.165) is 0 Å². The van der Waals surface area contributed by atoms with Crippen molar-refractivity contribution in [3.63, 3.8) is 0 Å². The highest BCUT2D eigenvalue weighted by Gasteiger charge is 2.13. The Balaban J connectivity index is 2.82. The summed E-state index contributed by atoms with van der Waals surface area (Å²) < 4.78 is 6.41.